The summed E-state index contributed by atoms with van der Waals surface area (Å²) in [4.78, 5) is 8.64. The highest BCUT2D eigenvalue weighted by Gasteiger charge is 2.08. The highest BCUT2D eigenvalue weighted by molar-refractivity contribution is 6.42. The minimum absolute atomic E-state index is 0.0282. The Bertz CT molecular complexity index is 558. The minimum Gasteiger partial charge on any atom is -0.394 e. The van der Waals surface area contributed by atoms with E-state index in [1.165, 1.54) is 0 Å². The normalized spacial score (nSPS) is 12.7. The van der Waals surface area contributed by atoms with Gasteiger partial charge in [0.25, 0.3) is 0 Å². The van der Waals surface area contributed by atoms with E-state index in [1.54, 1.807) is 18.3 Å². The lowest BCUT2D eigenvalue weighted by Crippen LogP contribution is -2.23. The first-order chi connectivity index (χ1) is 8.63. The number of aromatic nitrogens is 2. The van der Waals surface area contributed by atoms with Gasteiger partial charge in [0.1, 0.15) is 5.82 Å². The number of anilines is 1. The zero-order valence-corrected chi connectivity index (χ0v) is 11.3. The Hall–Kier alpha value is -1.10. The maximum Gasteiger partial charge on any atom is 0.145 e. The molecule has 1 aromatic carbocycles. The zero-order chi connectivity index (χ0) is 13.1. The first-order valence-electron chi connectivity index (χ1n) is 5.63. The summed E-state index contributed by atoms with van der Waals surface area (Å²) in [6, 6.07) is 3.33. The number of rotatable bonds is 4. The molecule has 96 valence electrons. The molecule has 0 aliphatic rings. The summed E-state index contributed by atoms with van der Waals surface area (Å²) >= 11 is 11.8. The monoisotopic (exact) mass is 285 g/mol. The number of halogens is 2. The molecule has 0 amide bonds. The van der Waals surface area contributed by atoms with E-state index < -0.39 is 0 Å². The third kappa shape index (κ3) is 2.83. The van der Waals surface area contributed by atoms with Crippen molar-refractivity contribution >= 4 is 40.1 Å². The lowest BCUT2D eigenvalue weighted by molar-refractivity contribution is 0.271. The molecule has 0 fully saturated rings. The first kappa shape index (κ1) is 13.3. The van der Waals surface area contributed by atoms with Crippen LogP contribution in [0.15, 0.2) is 18.3 Å². The molecule has 1 aromatic heterocycles. The molecule has 1 atom stereocenters. The highest BCUT2D eigenvalue weighted by atomic mass is 35.5. The maximum absolute atomic E-state index is 9.13. The van der Waals surface area contributed by atoms with Gasteiger partial charge in [0.05, 0.1) is 39.9 Å². The largest absolute Gasteiger partial charge is 0.394 e. The number of benzene rings is 1. The Morgan fingerprint density at radius 1 is 1.28 bits per heavy atom. The van der Waals surface area contributed by atoms with E-state index in [-0.39, 0.29) is 12.6 Å². The van der Waals surface area contributed by atoms with Crippen LogP contribution in [0.4, 0.5) is 5.82 Å². The molecular formula is C12H13Cl2N3O. The van der Waals surface area contributed by atoms with E-state index in [0.29, 0.717) is 26.9 Å². The topological polar surface area (TPSA) is 58.0 Å². The van der Waals surface area contributed by atoms with E-state index in [4.69, 9.17) is 28.3 Å². The van der Waals surface area contributed by atoms with Crippen LogP contribution in [0.2, 0.25) is 10.0 Å². The van der Waals surface area contributed by atoms with Crippen molar-refractivity contribution in [2.24, 2.45) is 0 Å². The van der Waals surface area contributed by atoms with Crippen molar-refractivity contribution in [2.75, 3.05) is 11.9 Å². The number of hydrogen-bond donors (Lipinski definition) is 2. The number of aliphatic hydroxyl groups is 1. The van der Waals surface area contributed by atoms with Gasteiger partial charge in [-0.25, -0.2) is 4.98 Å². The molecule has 6 heteroatoms. The Balaban J connectivity index is 2.35. The van der Waals surface area contributed by atoms with Gasteiger partial charge in [-0.05, 0) is 18.6 Å². The summed E-state index contributed by atoms with van der Waals surface area (Å²) in [7, 11) is 0. The summed E-state index contributed by atoms with van der Waals surface area (Å²) < 4.78 is 0. The van der Waals surface area contributed by atoms with E-state index in [2.05, 4.69) is 15.3 Å². The first-order valence-corrected chi connectivity index (χ1v) is 6.38. The maximum atomic E-state index is 9.13. The lowest BCUT2D eigenvalue weighted by Gasteiger charge is -2.14. The molecule has 2 N–H and O–H groups in total. The summed E-state index contributed by atoms with van der Waals surface area (Å²) in [6.07, 6.45) is 2.42. The predicted molar refractivity (Wildman–Crippen MR) is 74.3 cm³/mol. The second kappa shape index (κ2) is 5.69. The SMILES string of the molecule is CCC(CO)Nc1cnc2cc(Cl)c(Cl)cc2n1. The van der Waals surface area contributed by atoms with Gasteiger partial charge in [-0.3, -0.25) is 4.98 Å². The molecule has 0 aliphatic carbocycles. The van der Waals surface area contributed by atoms with Crippen molar-refractivity contribution in [3.05, 3.63) is 28.4 Å². The van der Waals surface area contributed by atoms with Gasteiger partial charge in [0.2, 0.25) is 0 Å². The van der Waals surface area contributed by atoms with E-state index in [1.807, 2.05) is 6.92 Å². The number of hydrogen-bond acceptors (Lipinski definition) is 4. The molecule has 0 spiro atoms. The lowest BCUT2D eigenvalue weighted by atomic mass is 10.2. The van der Waals surface area contributed by atoms with Gasteiger partial charge in [0.15, 0.2) is 0 Å². The van der Waals surface area contributed by atoms with E-state index in [9.17, 15) is 0 Å². The Morgan fingerprint density at radius 2 is 1.94 bits per heavy atom. The molecule has 0 aliphatic heterocycles. The standard InChI is InChI=1S/C12H13Cl2N3O/c1-2-7(6-18)16-12-5-15-10-3-8(13)9(14)4-11(10)17-12/h3-5,7,18H,2,6H2,1H3,(H,16,17). The van der Waals surface area contributed by atoms with Gasteiger partial charge < -0.3 is 10.4 Å². The van der Waals surface area contributed by atoms with Crippen LogP contribution in [-0.4, -0.2) is 27.7 Å². The number of nitrogens with zero attached hydrogens (tertiary/aromatic N) is 2. The second-order valence-electron chi connectivity index (χ2n) is 3.94. The third-order valence-electron chi connectivity index (χ3n) is 2.65. The van der Waals surface area contributed by atoms with Crippen LogP contribution in [0.5, 0.6) is 0 Å². The Morgan fingerprint density at radius 3 is 2.56 bits per heavy atom. The molecule has 1 heterocycles. The molecule has 0 saturated heterocycles. The molecule has 18 heavy (non-hydrogen) atoms. The quantitative estimate of drug-likeness (QED) is 0.906. The summed E-state index contributed by atoms with van der Waals surface area (Å²) in [5.41, 5.74) is 1.36. The molecule has 2 rings (SSSR count). The van der Waals surface area contributed by atoms with Crippen LogP contribution in [-0.2, 0) is 0 Å². The summed E-state index contributed by atoms with van der Waals surface area (Å²) in [5.74, 6) is 0.613. The van der Waals surface area contributed by atoms with Crippen molar-refractivity contribution < 1.29 is 5.11 Å². The number of fused-ring (bicyclic) bond motifs is 1. The van der Waals surface area contributed by atoms with Crippen LogP contribution >= 0.6 is 23.2 Å². The number of nitrogens with one attached hydrogen (secondary N) is 1. The molecule has 0 radical (unpaired) electrons. The van der Waals surface area contributed by atoms with Gasteiger partial charge in [-0.2, -0.15) is 0 Å². The zero-order valence-electron chi connectivity index (χ0n) is 9.82. The molecule has 0 bridgehead atoms. The van der Waals surface area contributed by atoms with Crippen molar-refractivity contribution in [3.63, 3.8) is 0 Å². The average Bonchev–Trinajstić information content (AvgIpc) is 2.37. The van der Waals surface area contributed by atoms with Gasteiger partial charge >= 0.3 is 0 Å². The van der Waals surface area contributed by atoms with Crippen molar-refractivity contribution in [2.45, 2.75) is 19.4 Å². The number of aliphatic hydroxyl groups excluding tert-OH is 1. The van der Waals surface area contributed by atoms with Gasteiger partial charge in [-0.1, -0.05) is 30.1 Å². The minimum atomic E-state index is -0.0282. The molecule has 0 saturated carbocycles. The second-order valence-corrected chi connectivity index (χ2v) is 4.76. The fourth-order valence-electron chi connectivity index (χ4n) is 1.56. The molecule has 1 unspecified atom stereocenters. The van der Waals surface area contributed by atoms with E-state index >= 15 is 0 Å². The Kier molecular flexibility index (Phi) is 4.22. The van der Waals surface area contributed by atoms with Gasteiger partial charge in [0, 0.05) is 0 Å². The third-order valence-corrected chi connectivity index (χ3v) is 3.37. The van der Waals surface area contributed by atoms with Crippen LogP contribution in [0.1, 0.15) is 13.3 Å². The van der Waals surface area contributed by atoms with Crippen molar-refractivity contribution in [1.29, 1.82) is 0 Å². The summed E-state index contributed by atoms with van der Waals surface area (Å²) in [6.45, 7) is 2.04. The van der Waals surface area contributed by atoms with Crippen molar-refractivity contribution in [1.82, 2.24) is 9.97 Å². The van der Waals surface area contributed by atoms with Gasteiger partial charge in [-0.15, -0.1) is 0 Å². The molecule has 4 nitrogen and oxygen atoms in total. The summed E-state index contributed by atoms with van der Waals surface area (Å²) in [5, 5.41) is 13.1. The fourth-order valence-corrected chi connectivity index (χ4v) is 1.88. The van der Waals surface area contributed by atoms with Crippen molar-refractivity contribution in [3.8, 4) is 0 Å². The fraction of sp³-hybridized carbons (Fsp3) is 0.333. The molecule has 2 aromatic rings. The van der Waals surface area contributed by atoms with Crippen LogP contribution < -0.4 is 5.32 Å². The van der Waals surface area contributed by atoms with Crippen LogP contribution in [0.3, 0.4) is 0 Å². The van der Waals surface area contributed by atoms with Crippen LogP contribution in [0, 0.1) is 0 Å². The van der Waals surface area contributed by atoms with E-state index in [0.717, 1.165) is 6.42 Å². The molecular weight excluding hydrogens is 273 g/mol. The average molecular weight is 286 g/mol. The smallest absolute Gasteiger partial charge is 0.145 e. The highest BCUT2D eigenvalue weighted by Crippen LogP contribution is 2.26. The predicted octanol–water partition coefficient (Wildman–Crippen LogP) is 3.12. The van der Waals surface area contributed by atoms with Crippen LogP contribution in [0.25, 0.3) is 11.0 Å². The Labute approximate surface area is 115 Å².